The number of carbonyl (C=O) groups is 1. The number of rotatable bonds is 7. The lowest BCUT2D eigenvalue weighted by molar-refractivity contribution is 0.0769. The maximum atomic E-state index is 12.5. The van der Waals surface area contributed by atoms with Crippen LogP contribution in [0.2, 0.25) is 0 Å². The number of benzene rings is 2. The molecule has 1 aliphatic rings. The van der Waals surface area contributed by atoms with Gasteiger partial charge in [0, 0.05) is 42.3 Å². The van der Waals surface area contributed by atoms with Crippen molar-refractivity contribution in [1.82, 2.24) is 15.0 Å². The highest BCUT2D eigenvalue weighted by Gasteiger charge is 2.24. The number of nitrogens with zero attached hydrogens (tertiary/aromatic N) is 4. The molecule has 0 saturated heterocycles. The summed E-state index contributed by atoms with van der Waals surface area (Å²) < 4.78 is 25.1. The van der Waals surface area contributed by atoms with E-state index in [-0.39, 0.29) is 34.0 Å². The molecule has 1 aromatic heterocycles. The van der Waals surface area contributed by atoms with E-state index >= 15 is 0 Å². The van der Waals surface area contributed by atoms with Crippen LogP contribution in [0.15, 0.2) is 77.0 Å². The fourth-order valence-corrected chi connectivity index (χ4v) is 4.39. The van der Waals surface area contributed by atoms with Crippen molar-refractivity contribution in [1.29, 1.82) is 0 Å². The fourth-order valence-electron chi connectivity index (χ4n) is 3.18. The van der Waals surface area contributed by atoms with E-state index in [4.69, 9.17) is 0 Å². The number of anilines is 1. The van der Waals surface area contributed by atoms with Gasteiger partial charge in [-0.05, 0) is 54.6 Å². The van der Waals surface area contributed by atoms with E-state index in [1.54, 1.807) is 48.7 Å². The largest absolute Gasteiger partial charge is 0.508 e. The molecule has 3 aromatic rings. The third kappa shape index (κ3) is 5.09. The summed E-state index contributed by atoms with van der Waals surface area (Å²) >= 11 is 0. The van der Waals surface area contributed by atoms with Crippen molar-refractivity contribution in [3.63, 3.8) is 0 Å². The predicted molar refractivity (Wildman–Crippen MR) is 119 cm³/mol. The van der Waals surface area contributed by atoms with Gasteiger partial charge in [-0.25, -0.2) is 23.4 Å². The van der Waals surface area contributed by atoms with Gasteiger partial charge in [-0.15, -0.1) is 0 Å². The van der Waals surface area contributed by atoms with Gasteiger partial charge < -0.3 is 10.4 Å². The van der Waals surface area contributed by atoms with E-state index in [0.717, 1.165) is 5.69 Å². The Morgan fingerprint density at radius 3 is 2.44 bits per heavy atom. The quantitative estimate of drug-likeness (QED) is 0.565. The number of carbonyl (C=O) groups excluding carboxylic acids is 1. The Hall–Kier alpha value is -3.79. The Kier molecular flexibility index (Phi) is 6.13. The zero-order valence-corrected chi connectivity index (χ0v) is 17.8. The van der Waals surface area contributed by atoms with Crippen LogP contribution in [0.25, 0.3) is 0 Å². The molecule has 0 saturated carbocycles. The average molecular weight is 452 g/mol. The molecule has 0 radical (unpaired) electrons. The normalized spacial score (nSPS) is 15.6. The number of phenolic OH excluding ortho intramolecular Hbond substituents is 1. The summed E-state index contributed by atoms with van der Waals surface area (Å²) in [6.45, 7) is 0.961. The van der Waals surface area contributed by atoms with Crippen LogP contribution in [-0.2, 0) is 15.6 Å². The van der Waals surface area contributed by atoms with Crippen LogP contribution in [0, 0.1) is 5.92 Å². The molecule has 1 atom stereocenters. The zero-order chi connectivity index (χ0) is 22.6. The van der Waals surface area contributed by atoms with Crippen LogP contribution < -0.4 is 5.32 Å². The molecule has 1 unspecified atom stereocenters. The van der Waals surface area contributed by atoms with Gasteiger partial charge in [0.1, 0.15) is 17.3 Å². The average Bonchev–Trinajstić information content (AvgIpc) is 3.27. The summed E-state index contributed by atoms with van der Waals surface area (Å²) in [7, 11) is -3.54. The van der Waals surface area contributed by atoms with Crippen molar-refractivity contribution in [2.24, 2.45) is 11.0 Å². The molecule has 2 N–H and O–H groups in total. The van der Waals surface area contributed by atoms with Gasteiger partial charge in [-0.1, -0.05) is 0 Å². The molecule has 0 fully saturated rings. The Bertz CT molecular complexity index is 1210. The van der Waals surface area contributed by atoms with Crippen LogP contribution >= 0.6 is 0 Å². The summed E-state index contributed by atoms with van der Waals surface area (Å²) in [6, 6.07) is 14.2. The molecule has 32 heavy (non-hydrogen) atoms. The summed E-state index contributed by atoms with van der Waals surface area (Å²) in [5.41, 5.74) is 1.21. The molecule has 0 spiro atoms. The summed E-state index contributed by atoms with van der Waals surface area (Å²) in [5, 5.41) is 18.2. The summed E-state index contributed by atoms with van der Waals surface area (Å²) in [4.78, 5) is 20.6. The van der Waals surface area contributed by atoms with Crippen molar-refractivity contribution in [2.75, 3.05) is 18.4 Å². The minimum absolute atomic E-state index is 0.00898. The van der Waals surface area contributed by atoms with E-state index in [1.165, 1.54) is 29.5 Å². The number of hydrogen-bond donors (Lipinski definition) is 2. The number of nitrogens with one attached hydrogen (secondary N) is 1. The molecule has 164 valence electrons. The number of amides is 1. The Morgan fingerprint density at radius 1 is 1.06 bits per heavy atom. The maximum Gasteiger partial charge on any atom is 0.273 e. The van der Waals surface area contributed by atoms with Crippen molar-refractivity contribution in [2.45, 2.75) is 10.6 Å². The Balaban J connectivity index is 1.31. The maximum absolute atomic E-state index is 12.5. The number of aromatic nitrogens is 2. The second kappa shape index (κ2) is 9.15. The molecular formula is C22H21N5O4S. The van der Waals surface area contributed by atoms with Gasteiger partial charge in [0.15, 0.2) is 9.84 Å². The number of aromatic hydroxyl groups is 1. The highest BCUT2D eigenvalue weighted by Crippen LogP contribution is 2.19. The minimum Gasteiger partial charge on any atom is -0.508 e. The lowest BCUT2D eigenvalue weighted by Gasteiger charge is -2.15. The lowest BCUT2D eigenvalue weighted by atomic mass is 10.1. The minimum atomic E-state index is -3.54. The smallest absolute Gasteiger partial charge is 0.273 e. The fraction of sp³-hybridized carbons (Fsp3) is 0.182. The highest BCUT2D eigenvalue weighted by atomic mass is 32.2. The standard InChI is InChI=1S/C22H21N5O4S/c28-19-6-2-17(3-7-19)22(29)27-14-16(13-26-27)12-25-18-4-8-20(9-5-18)32(30,31)15-21-23-10-1-11-24-21/h1-11,13,16,25,28H,12,14-15H2. The van der Waals surface area contributed by atoms with Crippen LogP contribution in [-0.4, -0.2) is 53.7 Å². The number of sulfone groups is 1. The van der Waals surface area contributed by atoms with Crippen LogP contribution in [0.1, 0.15) is 16.2 Å². The predicted octanol–water partition coefficient (Wildman–Crippen LogP) is 2.33. The molecule has 2 aromatic carbocycles. The van der Waals surface area contributed by atoms with E-state index in [0.29, 0.717) is 18.7 Å². The van der Waals surface area contributed by atoms with Gasteiger partial charge in [0.25, 0.3) is 5.91 Å². The van der Waals surface area contributed by atoms with Crippen molar-refractivity contribution < 1.29 is 18.3 Å². The van der Waals surface area contributed by atoms with E-state index in [9.17, 15) is 18.3 Å². The lowest BCUT2D eigenvalue weighted by Crippen LogP contribution is -2.28. The van der Waals surface area contributed by atoms with Gasteiger partial charge in [-0.3, -0.25) is 4.79 Å². The zero-order valence-electron chi connectivity index (χ0n) is 17.0. The van der Waals surface area contributed by atoms with Crippen molar-refractivity contribution in [3.05, 3.63) is 78.4 Å². The molecule has 0 bridgehead atoms. The van der Waals surface area contributed by atoms with Gasteiger partial charge in [0.2, 0.25) is 0 Å². The van der Waals surface area contributed by atoms with E-state index < -0.39 is 9.84 Å². The third-order valence-corrected chi connectivity index (χ3v) is 6.52. The molecule has 1 aliphatic heterocycles. The molecule has 0 aliphatic carbocycles. The second-order valence-corrected chi connectivity index (χ2v) is 9.28. The first-order valence-electron chi connectivity index (χ1n) is 9.88. The molecule has 10 heteroatoms. The van der Waals surface area contributed by atoms with Crippen molar-refractivity contribution in [3.8, 4) is 5.75 Å². The molecule has 2 heterocycles. The van der Waals surface area contributed by atoms with Gasteiger partial charge in [0.05, 0.1) is 11.4 Å². The summed E-state index contributed by atoms with van der Waals surface area (Å²) in [5.74, 6) is -0.137. The summed E-state index contributed by atoms with van der Waals surface area (Å²) in [6.07, 6.45) is 4.73. The van der Waals surface area contributed by atoms with E-state index in [1.807, 2.05) is 0 Å². The van der Waals surface area contributed by atoms with Crippen molar-refractivity contribution >= 4 is 27.6 Å². The van der Waals surface area contributed by atoms with Crippen LogP contribution in [0.5, 0.6) is 5.75 Å². The van der Waals surface area contributed by atoms with Gasteiger partial charge >= 0.3 is 0 Å². The monoisotopic (exact) mass is 451 g/mol. The first-order chi connectivity index (χ1) is 15.4. The Labute approximate surface area is 185 Å². The number of hydrogen-bond acceptors (Lipinski definition) is 8. The van der Waals surface area contributed by atoms with E-state index in [2.05, 4.69) is 20.4 Å². The van der Waals surface area contributed by atoms with Gasteiger partial charge in [-0.2, -0.15) is 5.10 Å². The SMILES string of the molecule is O=C(c1ccc(O)cc1)N1CC(CNc2ccc(S(=O)(=O)Cc3ncccn3)cc2)C=N1. The third-order valence-electron chi connectivity index (χ3n) is 4.89. The molecule has 1 amide bonds. The first-order valence-corrected chi connectivity index (χ1v) is 11.5. The second-order valence-electron chi connectivity index (χ2n) is 7.29. The molecular weight excluding hydrogens is 430 g/mol. The topological polar surface area (TPSA) is 125 Å². The molecule has 4 rings (SSSR count). The first kappa shape index (κ1) is 21.4. The number of hydrazone groups is 1. The number of phenols is 1. The van der Waals surface area contributed by atoms with Crippen LogP contribution in [0.3, 0.4) is 0 Å². The molecule has 9 nitrogen and oxygen atoms in total. The highest BCUT2D eigenvalue weighted by molar-refractivity contribution is 7.90. The van der Waals surface area contributed by atoms with Crippen LogP contribution in [0.4, 0.5) is 5.69 Å². The Morgan fingerprint density at radius 2 is 1.75 bits per heavy atom.